The molecule has 27 heavy (non-hydrogen) atoms. The van der Waals surface area contributed by atoms with Crippen molar-refractivity contribution in [2.75, 3.05) is 6.54 Å². The quantitative estimate of drug-likeness (QED) is 0.863. The topological polar surface area (TPSA) is 62.3 Å². The van der Waals surface area contributed by atoms with E-state index in [1.165, 1.54) is 0 Å². The molecule has 1 aliphatic heterocycles. The number of nitrogens with zero attached hydrogens (tertiary/aromatic N) is 2. The molecule has 2 heterocycles. The zero-order valence-corrected chi connectivity index (χ0v) is 16.5. The number of carbonyl (C=O) groups excluding carboxylic acids is 2. The lowest BCUT2D eigenvalue weighted by molar-refractivity contribution is -0.133. The van der Waals surface area contributed by atoms with Gasteiger partial charge >= 0.3 is 0 Å². The van der Waals surface area contributed by atoms with Crippen LogP contribution in [0, 0.1) is 11.8 Å². The van der Waals surface area contributed by atoms with Crippen LogP contribution in [-0.4, -0.2) is 40.3 Å². The number of fused-ring (bicyclic) bond motifs is 2. The fourth-order valence-electron chi connectivity index (χ4n) is 4.42. The van der Waals surface area contributed by atoms with Gasteiger partial charge in [-0.25, -0.2) is 4.98 Å². The number of nitrogens with one attached hydrogen (secondary N) is 1. The van der Waals surface area contributed by atoms with Crippen molar-refractivity contribution in [2.24, 2.45) is 11.8 Å². The molecule has 2 amide bonds. The Morgan fingerprint density at radius 2 is 2.04 bits per heavy atom. The van der Waals surface area contributed by atoms with Crippen LogP contribution in [0.3, 0.4) is 0 Å². The van der Waals surface area contributed by atoms with E-state index in [1.54, 1.807) is 11.3 Å². The Kier molecular flexibility index (Phi) is 5.00. The largest absolute Gasteiger partial charge is 0.354 e. The van der Waals surface area contributed by atoms with Gasteiger partial charge in [-0.1, -0.05) is 30.3 Å². The summed E-state index contributed by atoms with van der Waals surface area (Å²) in [6.45, 7) is 4.66. The van der Waals surface area contributed by atoms with Crippen LogP contribution in [0.25, 0.3) is 10.6 Å². The van der Waals surface area contributed by atoms with Crippen molar-refractivity contribution in [3.63, 3.8) is 0 Å². The second kappa shape index (κ2) is 7.43. The van der Waals surface area contributed by atoms with E-state index in [0.29, 0.717) is 18.9 Å². The van der Waals surface area contributed by atoms with Crippen LogP contribution < -0.4 is 5.32 Å². The Hall–Kier alpha value is -2.21. The molecule has 1 saturated heterocycles. The van der Waals surface area contributed by atoms with E-state index in [2.05, 4.69) is 10.3 Å². The van der Waals surface area contributed by atoms with Gasteiger partial charge in [-0.2, -0.15) is 0 Å². The summed E-state index contributed by atoms with van der Waals surface area (Å²) >= 11 is 1.57. The molecule has 0 spiro atoms. The average molecular weight is 384 g/mol. The van der Waals surface area contributed by atoms with Gasteiger partial charge in [0.15, 0.2) is 0 Å². The fourth-order valence-corrected chi connectivity index (χ4v) is 5.24. The zero-order chi connectivity index (χ0) is 19.0. The molecule has 0 radical (unpaired) electrons. The molecule has 3 atom stereocenters. The van der Waals surface area contributed by atoms with E-state index in [1.807, 2.05) is 54.5 Å². The van der Waals surface area contributed by atoms with E-state index in [-0.39, 0.29) is 29.8 Å². The van der Waals surface area contributed by atoms with Gasteiger partial charge in [0.1, 0.15) is 5.01 Å². The number of amides is 2. The standard InChI is InChI=1S/C21H25N3O2S/c1-13(2)22-20(26)19-15-8-9-17(19)24(11-15)18(25)10-16-12-27-21(23-16)14-6-4-3-5-7-14/h3-7,12-13,15,17,19H,8-11H2,1-2H3,(H,22,26)/t15-,17-,19+/m0/s1. The summed E-state index contributed by atoms with van der Waals surface area (Å²) in [7, 11) is 0. The molecule has 1 aromatic carbocycles. The number of thiazole rings is 1. The molecule has 1 aromatic heterocycles. The first-order valence-corrected chi connectivity index (χ1v) is 10.5. The molecule has 1 aliphatic carbocycles. The van der Waals surface area contributed by atoms with Crippen LogP contribution in [0.4, 0.5) is 0 Å². The molecule has 0 unspecified atom stereocenters. The lowest BCUT2D eigenvalue weighted by Crippen LogP contribution is -2.43. The highest BCUT2D eigenvalue weighted by Crippen LogP contribution is 2.43. The predicted octanol–water partition coefficient (Wildman–Crippen LogP) is 3.11. The molecule has 2 aliphatic rings. The predicted molar refractivity (Wildman–Crippen MR) is 106 cm³/mol. The molecule has 2 fully saturated rings. The molecule has 2 aromatic rings. The number of rotatable bonds is 5. The number of hydrogen-bond donors (Lipinski definition) is 1. The van der Waals surface area contributed by atoms with Gasteiger partial charge in [-0.15, -0.1) is 11.3 Å². The first-order chi connectivity index (χ1) is 13.0. The average Bonchev–Trinajstić information content (AvgIpc) is 3.36. The molecule has 6 heteroatoms. The highest BCUT2D eigenvalue weighted by Gasteiger charge is 2.51. The number of piperidine rings is 1. The van der Waals surface area contributed by atoms with E-state index < -0.39 is 0 Å². The summed E-state index contributed by atoms with van der Waals surface area (Å²) in [6.07, 6.45) is 2.28. The van der Waals surface area contributed by atoms with Crippen LogP contribution >= 0.6 is 11.3 Å². The monoisotopic (exact) mass is 383 g/mol. The lowest BCUT2D eigenvalue weighted by atomic mass is 9.97. The Bertz CT molecular complexity index is 833. The van der Waals surface area contributed by atoms with Crippen molar-refractivity contribution in [1.82, 2.24) is 15.2 Å². The Morgan fingerprint density at radius 3 is 2.78 bits per heavy atom. The summed E-state index contributed by atoms with van der Waals surface area (Å²) in [5, 5.41) is 5.94. The summed E-state index contributed by atoms with van der Waals surface area (Å²) in [5.41, 5.74) is 1.89. The van der Waals surface area contributed by atoms with Crippen LogP contribution in [-0.2, 0) is 16.0 Å². The molecule has 5 nitrogen and oxygen atoms in total. The molecule has 1 saturated carbocycles. The Morgan fingerprint density at radius 1 is 1.26 bits per heavy atom. The maximum atomic E-state index is 12.9. The number of carbonyl (C=O) groups is 2. The zero-order valence-electron chi connectivity index (χ0n) is 15.7. The van der Waals surface area contributed by atoms with E-state index in [9.17, 15) is 9.59 Å². The molecular formula is C21H25N3O2S. The smallest absolute Gasteiger partial charge is 0.228 e. The maximum absolute atomic E-state index is 12.9. The third kappa shape index (κ3) is 3.63. The first kappa shape index (κ1) is 18.2. The lowest BCUT2D eigenvalue weighted by Gasteiger charge is -2.27. The van der Waals surface area contributed by atoms with Crippen LogP contribution in [0.5, 0.6) is 0 Å². The summed E-state index contributed by atoms with van der Waals surface area (Å²) < 4.78 is 0. The fraction of sp³-hybridized carbons (Fsp3) is 0.476. The number of aromatic nitrogens is 1. The normalized spacial score (nSPS) is 23.8. The second-order valence-corrected chi connectivity index (χ2v) is 8.68. The summed E-state index contributed by atoms with van der Waals surface area (Å²) in [5.74, 6) is 0.446. The number of hydrogen-bond acceptors (Lipinski definition) is 4. The SMILES string of the molecule is CC(C)NC(=O)[C@@H]1[C@H]2CC[C@@H]1N(C(=O)Cc1csc(-c3ccccc3)n1)C2. The minimum atomic E-state index is -0.0494. The van der Waals surface area contributed by atoms with Gasteiger partial charge in [0.2, 0.25) is 11.8 Å². The van der Waals surface area contributed by atoms with Gasteiger partial charge in [0.25, 0.3) is 0 Å². The van der Waals surface area contributed by atoms with Gasteiger partial charge < -0.3 is 10.2 Å². The summed E-state index contributed by atoms with van der Waals surface area (Å²) in [6, 6.07) is 10.2. The van der Waals surface area contributed by atoms with Crippen LogP contribution in [0.2, 0.25) is 0 Å². The van der Waals surface area contributed by atoms with Crippen LogP contribution in [0.15, 0.2) is 35.7 Å². The van der Waals surface area contributed by atoms with E-state index in [4.69, 9.17) is 0 Å². The van der Waals surface area contributed by atoms with Gasteiger partial charge in [0.05, 0.1) is 18.0 Å². The highest BCUT2D eigenvalue weighted by molar-refractivity contribution is 7.13. The molecule has 4 rings (SSSR count). The second-order valence-electron chi connectivity index (χ2n) is 7.83. The van der Waals surface area contributed by atoms with Gasteiger partial charge in [-0.3, -0.25) is 9.59 Å². The third-order valence-electron chi connectivity index (χ3n) is 5.55. The minimum absolute atomic E-state index is 0.0494. The third-order valence-corrected chi connectivity index (χ3v) is 6.49. The van der Waals surface area contributed by atoms with E-state index in [0.717, 1.165) is 29.1 Å². The Labute approximate surface area is 163 Å². The first-order valence-electron chi connectivity index (χ1n) is 9.62. The van der Waals surface area contributed by atoms with Crippen molar-refractivity contribution in [3.8, 4) is 10.6 Å². The molecule has 142 valence electrons. The van der Waals surface area contributed by atoms with Crippen molar-refractivity contribution < 1.29 is 9.59 Å². The van der Waals surface area contributed by atoms with Crippen molar-refractivity contribution in [3.05, 3.63) is 41.4 Å². The van der Waals surface area contributed by atoms with Crippen molar-refractivity contribution >= 4 is 23.2 Å². The minimum Gasteiger partial charge on any atom is -0.354 e. The van der Waals surface area contributed by atoms with Gasteiger partial charge in [-0.05, 0) is 32.6 Å². The van der Waals surface area contributed by atoms with Gasteiger partial charge in [0, 0.05) is 29.6 Å². The van der Waals surface area contributed by atoms with E-state index >= 15 is 0 Å². The van der Waals surface area contributed by atoms with Crippen molar-refractivity contribution in [1.29, 1.82) is 0 Å². The maximum Gasteiger partial charge on any atom is 0.228 e. The number of benzene rings is 1. The highest BCUT2D eigenvalue weighted by atomic mass is 32.1. The molecular weight excluding hydrogens is 358 g/mol. The van der Waals surface area contributed by atoms with Crippen molar-refractivity contribution in [2.45, 2.75) is 45.2 Å². The Balaban J connectivity index is 1.42. The summed E-state index contributed by atoms with van der Waals surface area (Å²) in [4.78, 5) is 32.0. The number of likely N-dealkylation sites (tertiary alicyclic amines) is 1. The molecule has 2 bridgehead atoms. The van der Waals surface area contributed by atoms with Crippen LogP contribution in [0.1, 0.15) is 32.4 Å². The molecule has 1 N–H and O–H groups in total.